The van der Waals surface area contributed by atoms with Gasteiger partial charge in [0, 0.05) is 13.2 Å². The number of carbonyl (C=O) groups is 1. The van der Waals surface area contributed by atoms with Crippen LogP contribution >= 0.6 is 0 Å². The van der Waals surface area contributed by atoms with Crippen molar-refractivity contribution < 1.29 is 9.18 Å². The largest absolute Gasteiger partial charge is 0.339 e. The van der Waals surface area contributed by atoms with E-state index < -0.39 is 0 Å². The van der Waals surface area contributed by atoms with Crippen molar-refractivity contribution in [1.82, 2.24) is 14.7 Å². The van der Waals surface area contributed by atoms with Crippen molar-refractivity contribution >= 4 is 5.91 Å². The molecule has 0 fully saturated rings. The summed E-state index contributed by atoms with van der Waals surface area (Å²) in [5, 5.41) is 4.32. The highest BCUT2D eigenvalue weighted by Crippen LogP contribution is 2.20. The second-order valence-corrected chi connectivity index (χ2v) is 6.04. The maximum atomic E-state index is 13.0. The number of aromatic nitrogens is 2. The highest BCUT2D eigenvalue weighted by Gasteiger charge is 2.18. The Morgan fingerprint density at radius 3 is 2.52 bits per heavy atom. The lowest BCUT2D eigenvalue weighted by atomic mass is 10.1. The standard InChI is InChI=1S/C20H20FN3O/c1-15(17-8-10-18(21)11-9-17)23(2)20(25)12-16-13-22-24(14-16)19-6-4-3-5-7-19/h3-11,13-15H,12H2,1-2H3. The summed E-state index contributed by atoms with van der Waals surface area (Å²) in [6.45, 7) is 1.93. The summed E-state index contributed by atoms with van der Waals surface area (Å²) in [6.07, 6.45) is 3.85. The third-order valence-corrected chi connectivity index (χ3v) is 4.34. The van der Waals surface area contributed by atoms with Crippen LogP contribution in [0.3, 0.4) is 0 Å². The van der Waals surface area contributed by atoms with E-state index in [1.165, 1.54) is 12.1 Å². The molecule has 1 heterocycles. The summed E-state index contributed by atoms with van der Waals surface area (Å²) in [6, 6.07) is 15.9. The Hall–Kier alpha value is -2.95. The highest BCUT2D eigenvalue weighted by atomic mass is 19.1. The first kappa shape index (κ1) is 16.9. The van der Waals surface area contributed by atoms with Crippen LogP contribution in [0.2, 0.25) is 0 Å². The predicted octanol–water partition coefficient (Wildman–Crippen LogP) is 3.77. The minimum absolute atomic E-state index is 0.00978. The van der Waals surface area contributed by atoms with E-state index in [1.54, 1.807) is 35.0 Å². The van der Waals surface area contributed by atoms with Gasteiger partial charge in [-0.3, -0.25) is 4.79 Å². The molecule has 1 aromatic heterocycles. The lowest BCUT2D eigenvalue weighted by Crippen LogP contribution is -2.30. The third-order valence-electron chi connectivity index (χ3n) is 4.34. The second-order valence-electron chi connectivity index (χ2n) is 6.04. The van der Waals surface area contributed by atoms with E-state index in [1.807, 2.05) is 43.5 Å². The number of halogens is 1. The zero-order valence-electron chi connectivity index (χ0n) is 14.3. The van der Waals surface area contributed by atoms with Gasteiger partial charge in [-0.25, -0.2) is 9.07 Å². The molecule has 3 rings (SSSR count). The van der Waals surface area contributed by atoms with E-state index in [-0.39, 0.29) is 24.2 Å². The van der Waals surface area contributed by atoms with Crippen LogP contribution in [0.1, 0.15) is 24.1 Å². The fraction of sp³-hybridized carbons (Fsp3) is 0.200. The number of rotatable bonds is 5. The molecule has 1 amide bonds. The molecule has 0 aliphatic heterocycles. The molecule has 128 valence electrons. The van der Waals surface area contributed by atoms with E-state index >= 15 is 0 Å². The number of amides is 1. The Morgan fingerprint density at radius 1 is 1.16 bits per heavy atom. The highest BCUT2D eigenvalue weighted by molar-refractivity contribution is 5.78. The van der Waals surface area contributed by atoms with Crippen molar-refractivity contribution in [2.45, 2.75) is 19.4 Å². The minimum Gasteiger partial charge on any atom is -0.339 e. The van der Waals surface area contributed by atoms with Crippen LogP contribution < -0.4 is 0 Å². The number of hydrogen-bond donors (Lipinski definition) is 0. The molecule has 5 heteroatoms. The Morgan fingerprint density at radius 2 is 1.84 bits per heavy atom. The zero-order chi connectivity index (χ0) is 17.8. The smallest absolute Gasteiger partial charge is 0.227 e. The lowest BCUT2D eigenvalue weighted by molar-refractivity contribution is -0.131. The van der Waals surface area contributed by atoms with Crippen molar-refractivity contribution in [3.05, 3.63) is 83.9 Å². The topological polar surface area (TPSA) is 38.1 Å². The molecule has 2 aromatic carbocycles. The van der Waals surface area contributed by atoms with Gasteiger partial charge >= 0.3 is 0 Å². The number of nitrogens with zero attached hydrogens (tertiary/aromatic N) is 3. The summed E-state index contributed by atoms with van der Waals surface area (Å²) < 4.78 is 14.8. The second kappa shape index (κ2) is 7.30. The lowest BCUT2D eigenvalue weighted by Gasteiger charge is -2.25. The molecule has 25 heavy (non-hydrogen) atoms. The zero-order valence-corrected chi connectivity index (χ0v) is 14.3. The van der Waals surface area contributed by atoms with Crippen LogP contribution in [0.25, 0.3) is 5.69 Å². The minimum atomic E-state index is -0.279. The number of benzene rings is 2. The summed E-state index contributed by atoms with van der Waals surface area (Å²) in [4.78, 5) is 14.2. The van der Waals surface area contributed by atoms with Gasteiger partial charge in [-0.2, -0.15) is 5.10 Å². The summed E-state index contributed by atoms with van der Waals surface area (Å²) in [5.41, 5.74) is 2.71. The summed E-state index contributed by atoms with van der Waals surface area (Å²) in [5.74, 6) is -0.289. The van der Waals surface area contributed by atoms with Gasteiger partial charge in [-0.05, 0) is 42.3 Å². The van der Waals surface area contributed by atoms with E-state index in [4.69, 9.17) is 0 Å². The van der Waals surface area contributed by atoms with Crippen molar-refractivity contribution in [2.75, 3.05) is 7.05 Å². The molecule has 0 saturated carbocycles. The van der Waals surface area contributed by atoms with E-state index in [0.717, 1.165) is 16.8 Å². The van der Waals surface area contributed by atoms with E-state index in [9.17, 15) is 9.18 Å². The van der Waals surface area contributed by atoms with Crippen molar-refractivity contribution in [3.63, 3.8) is 0 Å². The predicted molar refractivity (Wildman–Crippen MR) is 94.9 cm³/mol. The molecule has 4 nitrogen and oxygen atoms in total. The molecule has 0 saturated heterocycles. The van der Waals surface area contributed by atoms with Gasteiger partial charge in [0.25, 0.3) is 0 Å². The van der Waals surface area contributed by atoms with Crippen LogP contribution in [0.4, 0.5) is 4.39 Å². The van der Waals surface area contributed by atoms with Crippen LogP contribution in [-0.2, 0) is 11.2 Å². The molecule has 0 radical (unpaired) electrons. The first-order chi connectivity index (χ1) is 12.0. The van der Waals surface area contributed by atoms with E-state index in [2.05, 4.69) is 5.10 Å². The summed E-state index contributed by atoms with van der Waals surface area (Å²) in [7, 11) is 1.76. The summed E-state index contributed by atoms with van der Waals surface area (Å²) >= 11 is 0. The first-order valence-electron chi connectivity index (χ1n) is 8.14. The molecular weight excluding hydrogens is 317 g/mol. The molecule has 1 atom stereocenters. The van der Waals surface area contributed by atoms with Gasteiger partial charge in [0.15, 0.2) is 0 Å². The Kier molecular flexibility index (Phi) is 4.93. The average Bonchev–Trinajstić information content (AvgIpc) is 3.10. The maximum Gasteiger partial charge on any atom is 0.227 e. The Bertz CT molecular complexity index is 843. The fourth-order valence-electron chi connectivity index (χ4n) is 2.65. The molecule has 0 spiro atoms. The third kappa shape index (κ3) is 3.94. The average molecular weight is 337 g/mol. The Balaban J connectivity index is 1.67. The molecule has 0 bridgehead atoms. The number of hydrogen-bond acceptors (Lipinski definition) is 2. The van der Waals surface area contributed by atoms with Crippen molar-refractivity contribution in [2.24, 2.45) is 0 Å². The van der Waals surface area contributed by atoms with Crippen molar-refractivity contribution in [1.29, 1.82) is 0 Å². The van der Waals surface area contributed by atoms with Crippen LogP contribution in [0.5, 0.6) is 0 Å². The molecule has 0 N–H and O–H groups in total. The van der Waals surface area contributed by atoms with Gasteiger partial charge < -0.3 is 4.90 Å². The molecular formula is C20H20FN3O. The molecule has 1 unspecified atom stereocenters. The number of likely N-dealkylation sites (N-methyl/N-ethyl adjacent to an activating group) is 1. The number of carbonyl (C=O) groups excluding carboxylic acids is 1. The van der Waals surface area contributed by atoms with Gasteiger partial charge in [-0.15, -0.1) is 0 Å². The SMILES string of the molecule is CC(c1ccc(F)cc1)N(C)C(=O)Cc1cnn(-c2ccccc2)c1. The molecule has 0 aliphatic carbocycles. The Labute approximate surface area is 146 Å². The van der Waals surface area contributed by atoms with Crippen molar-refractivity contribution in [3.8, 4) is 5.69 Å². The van der Waals surface area contributed by atoms with Gasteiger partial charge in [0.05, 0.1) is 24.3 Å². The first-order valence-corrected chi connectivity index (χ1v) is 8.14. The van der Waals surface area contributed by atoms with E-state index in [0.29, 0.717) is 0 Å². The van der Waals surface area contributed by atoms with Gasteiger partial charge in [0.1, 0.15) is 5.82 Å². The normalized spacial score (nSPS) is 12.0. The maximum absolute atomic E-state index is 13.0. The van der Waals surface area contributed by atoms with Crippen LogP contribution in [-0.4, -0.2) is 27.6 Å². The van der Waals surface area contributed by atoms with Gasteiger partial charge in [0.2, 0.25) is 5.91 Å². The van der Waals surface area contributed by atoms with Crippen LogP contribution in [0, 0.1) is 5.82 Å². The number of para-hydroxylation sites is 1. The monoisotopic (exact) mass is 337 g/mol. The quantitative estimate of drug-likeness (QED) is 0.711. The molecule has 3 aromatic rings. The molecule has 0 aliphatic rings. The van der Waals surface area contributed by atoms with Crippen LogP contribution in [0.15, 0.2) is 67.0 Å². The fourth-order valence-corrected chi connectivity index (χ4v) is 2.65. The van der Waals surface area contributed by atoms with Gasteiger partial charge in [-0.1, -0.05) is 30.3 Å².